The first-order valence-corrected chi connectivity index (χ1v) is 10.9. The summed E-state index contributed by atoms with van der Waals surface area (Å²) in [4.78, 5) is 30.5. The Morgan fingerprint density at radius 2 is 2.06 bits per heavy atom. The van der Waals surface area contributed by atoms with Gasteiger partial charge in [0.25, 0.3) is 5.56 Å². The number of carbonyl (C=O) groups excluding carboxylic acids is 1. The highest BCUT2D eigenvalue weighted by Gasteiger charge is 2.21. The number of anilines is 1. The van der Waals surface area contributed by atoms with Crippen molar-refractivity contribution in [2.24, 2.45) is 10.7 Å². The van der Waals surface area contributed by atoms with Crippen molar-refractivity contribution in [1.29, 1.82) is 0 Å². The number of nitrogens with two attached hydrogens (primary N) is 1. The van der Waals surface area contributed by atoms with E-state index in [-0.39, 0.29) is 24.1 Å². The van der Waals surface area contributed by atoms with Crippen LogP contribution in [0.1, 0.15) is 30.5 Å². The van der Waals surface area contributed by atoms with Gasteiger partial charge in [0.1, 0.15) is 12.2 Å². The number of carbonyl (C=O) groups is 1. The number of hydrogen-bond donors (Lipinski definition) is 4. The largest absolute Gasteiger partial charge is 0.390 e. The molecule has 0 saturated carbocycles. The Kier molecular flexibility index (Phi) is 7.94. The molecule has 0 saturated heterocycles. The molecule has 0 bridgehead atoms. The molecule has 1 aromatic heterocycles. The molecule has 1 unspecified atom stereocenters. The molecule has 0 fully saturated rings. The van der Waals surface area contributed by atoms with Gasteiger partial charge in [-0.15, -0.1) is 12.6 Å². The first kappa shape index (κ1) is 22.7. The Balaban J connectivity index is 1.60. The van der Waals surface area contributed by atoms with Crippen LogP contribution < -0.4 is 21.9 Å². The summed E-state index contributed by atoms with van der Waals surface area (Å²) in [6.07, 6.45) is 4.15. The number of rotatable bonds is 8. The van der Waals surface area contributed by atoms with Gasteiger partial charge in [0.05, 0.1) is 12.0 Å². The lowest BCUT2D eigenvalue weighted by molar-refractivity contribution is -0.122. The summed E-state index contributed by atoms with van der Waals surface area (Å²) >= 11 is 4.47. The second-order valence-corrected chi connectivity index (χ2v) is 8.16. The molecule has 1 atom stereocenters. The van der Waals surface area contributed by atoms with Crippen molar-refractivity contribution in [3.05, 3.63) is 74.7 Å². The average molecular weight is 440 g/mol. The molecule has 0 radical (unpaired) electrons. The van der Waals surface area contributed by atoms with Crippen LogP contribution in [0.4, 0.5) is 5.69 Å². The number of aromatic nitrogens is 1. The van der Waals surface area contributed by atoms with Crippen molar-refractivity contribution in [2.45, 2.75) is 45.2 Å². The van der Waals surface area contributed by atoms with Gasteiger partial charge in [-0.2, -0.15) is 0 Å². The normalized spacial score (nSPS) is 16.5. The fraction of sp³-hybridized carbons (Fsp3) is 0.348. The maximum absolute atomic E-state index is 12.9. The van der Waals surface area contributed by atoms with E-state index in [0.717, 1.165) is 29.1 Å². The maximum Gasteiger partial charge on any atom is 0.274 e. The van der Waals surface area contributed by atoms with Crippen LogP contribution in [0.5, 0.6) is 0 Å². The minimum Gasteiger partial charge on any atom is -0.390 e. The van der Waals surface area contributed by atoms with Gasteiger partial charge >= 0.3 is 0 Å². The van der Waals surface area contributed by atoms with Crippen molar-refractivity contribution in [3.63, 3.8) is 0 Å². The topological polar surface area (TPSA) is 102 Å². The Labute approximate surface area is 187 Å². The van der Waals surface area contributed by atoms with Crippen molar-refractivity contribution in [2.75, 3.05) is 11.9 Å². The van der Waals surface area contributed by atoms with Crippen LogP contribution in [0.2, 0.25) is 0 Å². The van der Waals surface area contributed by atoms with Crippen LogP contribution in [-0.2, 0) is 17.8 Å². The number of hydrogen-bond acceptors (Lipinski definition) is 5. The monoisotopic (exact) mass is 439 g/mol. The van der Waals surface area contributed by atoms with E-state index in [1.165, 1.54) is 16.5 Å². The zero-order valence-corrected chi connectivity index (χ0v) is 18.6. The quantitative estimate of drug-likeness (QED) is 0.288. The standard InChI is InChI=1S/C23H29N5O2S/c1-16-7-9-20(25-12-11-17-5-3-2-4-6-17)23(30)28(16)14-22(29)27-18-8-10-19(26-15-24)21(31)13-18/h2-7,9,15,18,25,31H,8,10-14H2,1H3,(H2,24,26)(H,27,29). The van der Waals surface area contributed by atoms with Crippen molar-refractivity contribution >= 4 is 30.6 Å². The molecule has 1 amide bonds. The highest BCUT2D eigenvalue weighted by atomic mass is 32.1. The average Bonchev–Trinajstić information content (AvgIpc) is 2.75. The smallest absolute Gasteiger partial charge is 0.274 e. The Morgan fingerprint density at radius 3 is 2.77 bits per heavy atom. The van der Waals surface area contributed by atoms with Crippen LogP contribution in [0.25, 0.3) is 0 Å². The number of nitrogens with zero attached hydrogens (tertiary/aromatic N) is 2. The Morgan fingerprint density at radius 1 is 1.29 bits per heavy atom. The molecule has 8 heteroatoms. The minimum absolute atomic E-state index is 0.0190. The molecule has 7 nitrogen and oxygen atoms in total. The summed E-state index contributed by atoms with van der Waals surface area (Å²) in [5, 5.41) is 6.22. The van der Waals surface area contributed by atoms with E-state index in [4.69, 9.17) is 5.73 Å². The highest BCUT2D eigenvalue weighted by Crippen LogP contribution is 2.28. The number of allylic oxidation sites excluding steroid dienone is 1. The highest BCUT2D eigenvalue weighted by molar-refractivity contribution is 7.84. The SMILES string of the molecule is Cc1ccc(NCCc2ccccc2)c(=O)n1CC(=O)NC1CCC(N=CN)=C(S)C1. The predicted molar refractivity (Wildman–Crippen MR) is 129 cm³/mol. The Hall–Kier alpha value is -3.00. The van der Waals surface area contributed by atoms with Gasteiger partial charge in [0.2, 0.25) is 5.91 Å². The molecular formula is C23H29N5O2S. The van der Waals surface area contributed by atoms with Crippen molar-refractivity contribution < 1.29 is 4.79 Å². The third-order valence-electron chi connectivity index (χ3n) is 5.36. The lowest BCUT2D eigenvalue weighted by Crippen LogP contribution is -2.40. The summed E-state index contributed by atoms with van der Waals surface area (Å²) in [7, 11) is 0. The number of aliphatic imine (C=N–C) groups is 1. The molecule has 164 valence electrons. The fourth-order valence-electron chi connectivity index (χ4n) is 3.67. The molecule has 0 spiro atoms. The fourth-order valence-corrected chi connectivity index (χ4v) is 4.06. The molecule has 3 rings (SSSR count). The summed E-state index contributed by atoms with van der Waals surface area (Å²) in [6, 6.07) is 13.7. The third-order valence-corrected chi connectivity index (χ3v) is 5.80. The lowest BCUT2D eigenvalue weighted by Gasteiger charge is -2.24. The van der Waals surface area contributed by atoms with Crippen molar-refractivity contribution in [1.82, 2.24) is 9.88 Å². The zero-order chi connectivity index (χ0) is 22.2. The van der Waals surface area contributed by atoms with Gasteiger partial charge in [0.15, 0.2) is 0 Å². The van der Waals surface area contributed by atoms with Gasteiger partial charge in [0, 0.05) is 29.6 Å². The van der Waals surface area contributed by atoms with E-state index in [1.807, 2.05) is 31.2 Å². The number of nitrogens with one attached hydrogen (secondary N) is 2. The van der Waals surface area contributed by atoms with Gasteiger partial charge in [-0.25, -0.2) is 4.99 Å². The predicted octanol–water partition coefficient (Wildman–Crippen LogP) is 2.61. The van der Waals surface area contributed by atoms with Gasteiger partial charge < -0.3 is 20.9 Å². The minimum atomic E-state index is -0.193. The van der Waals surface area contributed by atoms with E-state index in [9.17, 15) is 9.59 Å². The van der Waals surface area contributed by atoms with Crippen LogP contribution >= 0.6 is 12.6 Å². The number of thiol groups is 1. The van der Waals surface area contributed by atoms with Gasteiger partial charge in [-0.05, 0) is 43.9 Å². The first-order valence-electron chi connectivity index (χ1n) is 10.4. The van der Waals surface area contributed by atoms with Crippen LogP contribution in [0, 0.1) is 6.92 Å². The third kappa shape index (κ3) is 6.24. The molecule has 31 heavy (non-hydrogen) atoms. The van der Waals surface area contributed by atoms with E-state index in [2.05, 4.69) is 40.4 Å². The molecule has 4 N–H and O–H groups in total. The summed E-state index contributed by atoms with van der Waals surface area (Å²) in [5.74, 6) is -0.191. The molecule has 1 aliphatic rings. The molecule has 1 aliphatic carbocycles. The van der Waals surface area contributed by atoms with Crippen LogP contribution in [0.3, 0.4) is 0 Å². The number of amides is 1. The molecule has 0 aliphatic heterocycles. The summed E-state index contributed by atoms with van der Waals surface area (Å²) in [5.41, 5.74) is 8.46. The van der Waals surface area contributed by atoms with E-state index < -0.39 is 0 Å². The second kappa shape index (κ2) is 10.9. The molecular weight excluding hydrogens is 410 g/mol. The van der Waals surface area contributed by atoms with Crippen LogP contribution in [0.15, 0.2) is 62.9 Å². The Bertz CT molecular complexity index is 1030. The van der Waals surface area contributed by atoms with E-state index in [0.29, 0.717) is 25.1 Å². The van der Waals surface area contributed by atoms with Gasteiger partial charge in [-0.3, -0.25) is 9.59 Å². The van der Waals surface area contributed by atoms with Gasteiger partial charge in [-0.1, -0.05) is 30.3 Å². The van der Waals surface area contributed by atoms with E-state index >= 15 is 0 Å². The van der Waals surface area contributed by atoms with Crippen LogP contribution in [-0.4, -0.2) is 29.4 Å². The number of aryl methyl sites for hydroxylation is 1. The summed E-state index contributed by atoms with van der Waals surface area (Å²) < 4.78 is 1.50. The summed E-state index contributed by atoms with van der Waals surface area (Å²) in [6.45, 7) is 2.45. The maximum atomic E-state index is 12.9. The molecule has 2 aromatic rings. The van der Waals surface area contributed by atoms with Crippen molar-refractivity contribution in [3.8, 4) is 0 Å². The van der Waals surface area contributed by atoms with E-state index in [1.54, 1.807) is 6.07 Å². The lowest BCUT2D eigenvalue weighted by atomic mass is 9.99. The zero-order valence-electron chi connectivity index (χ0n) is 17.7. The first-order chi connectivity index (χ1) is 15.0. The molecule has 1 aromatic carbocycles. The number of benzene rings is 1. The number of pyridine rings is 1. The molecule has 1 heterocycles. The second-order valence-electron chi connectivity index (χ2n) is 7.62.